The molecule has 23 heavy (non-hydrogen) atoms. The minimum atomic E-state index is -0.252. The molecule has 4 heteroatoms. The van der Waals surface area contributed by atoms with E-state index in [1.54, 1.807) is 18.5 Å². The zero-order valence-corrected chi connectivity index (χ0v) is 12.6. The summed E-state index contributed by atoms with van der Waals surface area (Å²) in [6.45, 7) is 0. The van der Waals surface area contributed by atoms with Crippen molar-refractivity contribution in [2.75, 3.05) is 0 Å². The molecule has 114 valence electrons. The first-order chi connectivity index (χ1) is 11.3. The highest BCUT2D eigenvalue weighted by Crippen LogP contribution is 2.28. The molecule has 1 heterocycles. The quantitative estimate of drug-likeness (QED) is 0.533. The Kier molecular flexibility index (Phi) is 4.74. The van der Waals surface area contributed by atoms with Crippen LogP contribution in [0.25, 0.3) is 11.1 Å². The number of rotatable bonds is 5. The van der Waals surface area contributed by atoms with Crippen molar-refractivity contribution in [3.05, 3.63) is 78.9 Å². The molecule has 0 aliphatic heterocycles. The third-order valence-electron chi connectivity index (χ3n) is 3.44. The number of aryl methyl sites for hydroxylation is 1. The van der Waals surface area contributed by atoms with Crippen LogP contribution in [0.1, 0.15) is 12.0 Å². The summed E-state index contributed by atoms with van der Waals surface area (Å²) in [6.07, 6.45) is 5.87. The first kappa shape index (κ1) is 14.9. The smallest absolute Gasteiger partial charge is 0.311 e. The number of para-hydroxylation sites is 1. The lowest BCUT2D eigenvalue weighted by Crippen LogP contribution is -2.09. The Labute approximate surface area is 134 Å². The zero-order chi connectivity index (χ0) is 15.9. The van der Waals surface area contributed by atoms with E-state index in [1.165, 1.54) is 6.33 Å². The van der Waals surface area contributed by atoms with Gasteiger partial charge < -0.3 is 4.74 Å². The lowest BCUT2D eigenvalue weighted by atomic mass is 10.1. The molecule has 0 N–H and O–H groups in total. The van der Waals surface area contributed by atoms with Crippen LogP contribution in [-0.2, 0) is 11.2 Å². The number of hydrogen-bond donors (Lipinski definition) is 0. The number of nitrogens with zero attached hydrogens (tertiary/aromatic N) is 2. The molecule has 0 amide bonds. The molecule has 2 aromatic carbocycles. The molecule has 3 aromatic rings. The number of esters is 1. The Morgan fingerprint density at radius 1 is 0.913 bits per heavy atom. The van der Waals surface area contributed by atoms with E-state index >= 15 is 0 Å². The van der Waals surface area contributed by atoms with Gasteiger partial charge in [0.05, 0.1) is 0 Å². The highest BCUT2D eigenvalue weighted by molar-refractivity contribution is 5.77. The third kappa shape index (κ3) is 4.01. The molecule has 4 nitrogen and oxygen atoms in total. The van der Waals surface area contributed by atoms with Crippen LogP contribution in [0, 0.1) is 0 Å². The van der Waals surface area contributed by atoms with Crippen molar-refractivity contribution in [3.63, 3.8) is 0 Å². The van der Waals surface area contributed by atoms with Crippen LogP contribution in [-0.4, -0.2) is 15.9 Å². The lowest BCUT2D eigenvalue weighted by Gasteiger charge is -2.09. The maximum absolute atomic E-state index is 12.1. The van der Waals surface area contributed by atoms with Gasteiger partial charge in [-0.2, -0.15) is 0 Å². The topological polar surface area (TPSA) is 52.1 Å². The minimum absolute atomic E-state index is 0.252. The molecular weight excluding hydrogens is 288 g/mol. The summed E-state index contributed by atoms with van der Waals surface area (Å²) in [6, 6.07) is 17.3. The molecule has 0 fully saturated rings. The van der Waals surface area contributed by atoms with Gasteiger partial charge in [0.15, 0.2) is 0 Å². The van der Waals surface area contributed by atoms with Gasteiger partial charge in [-0.05, 0) is 18.1 Å². The predicted octanol–water partition coefficient (Wildman–Crippen LogP) is 3.68. The molecule has 0 saturated carbocycles. The number of benzene rings is 2. The van der Waals surface area contributed by atoms with Crippen molar-refractivity contribution in [2.45, 2.75) is 12.8 Å². The number of carbonyl (C=O) groups is 1. The van der Waals surface area contributed by atoms with Crippen LogP contribution in [0.5, 0.6) is 5.75 Å². The molecule has 0 atom stereocenters. The number of carbonyl (C=O) groups excluding carboxylic acids is 1. The van der Waals surface area contributed by atoms with E-state index in [2.05, 4.69) is 9.97 Å². The molecule has 0 bridgehead atoms. The second-order valence-corrected chi connectivity index (χ2v) is 5.08. The van der Waals surface area contributed by atoms with E-state index < -0.39 is 0 Å². The molecule has 0 saturated heterocycles. The molecular formula is C19H16N2O2. The number of aromatic nitrogens is 2. The molecule has 1 aromatic heterocycles. The molecule has 0 aliphatic rings. The summed E-state index contributed by atoms with van der Waals surface area (Å²) in [5.74, 6) is 0.276. The van der Waals surface area contributed by atoms with Gasteiger partial charge >= 0.3 is 5.97 Å². The van der Waals surface area contributed by atoms with Crippen LogP contribution in [0.3, 0.4) is 0 Å². The minimum Gasteiger partial charge on any atom is -0.426 e. The van der Waals surface area contributed by atoms with Gasteiger partial charge in [0.1, 0.15) is 12.1 Å². The highest BCUT2D eigenvalue weighted by Gasteiger charge is 2.11. The van der Waals surface area contributed by atoms with Gasteiger partial charge in [-0.15, -0.1) is 0 Å². The van der Waals surface area contributed by atoms with E-state index in [1.807, 2.05) is 48.5 Å². The normalized spacial score (nSPS) is 10.3. The fraction of sp³-hybridized carbons (Fsp3) is 0.105. The van der Waals surface area contributed by atoms with Crippen molar-refractivity contribution in [3.8, 4) is 16.9 Å². The van der Waals surface area contributed by atoms with E-state index in [-0.39, 0.29) is 5.97 Å². The van der Waals surface area contributed by atoms with E-state index in [9.17, 15) is 4.79 Å². The van der Waals surface area contributed by atoms with E-state index in [0.29, 0.717) is 18.6 Å². The molecule has 3 rings (SSSR count). The predicted molar refractivity (Wildman–Crippen MR) is 87.9 cm³/mol. The Hall–Kier alpha value is -3.01. The summed E-state index contributed by atoms with van der Waals surface area (Å²) in [5.41, 5.74) is 2.74. The number of ether oxygens (including phenoxy) is 1. The maximum atomic E-state index is 12.1. The molecule has 0 aliphatic carbocycles. The van der Waals surface area contributed by atoms with Crippen molar-refractivity contribution in [1.82, 2.24) is 9.97 Å². The van der Waals surface area contributed by atoms with Crippen molar-refractivity contribution >= 4 is 5.97 Å². The molecule has 0 radical (unpaired) electrons. The summed E-state index contributed by atoms with van der Waals surface area (Å²) >= 11 is 0. The fourth-order valence-corrected chi connectivity index (χ4v) is 2.30. The Balaban J connectivity index is 1.69. The third-order valence-corrected chi connectivity index (χ3v) is 3.44. The van der Waals surface area contributed by atoms with Crippen LogP contribution < -0.4 is 4.74 Å². The first-order valence-corrected chi connectivity index (χ1v) is 7.42. The Morgan fingerprint density at radius 3 is 2.39 bits per heavy atom. The van der Waals surface area contributed by atoms with Crippen molar-refractivity contribution < 1.29 is 9.53 Å². The average molecular weight is 304 g/mol. The fourth-order valence-electron chi connectivity index (χ4n) is 2.30. The summed E-state index contributed by atoms with van der Waals surface area (Å²) in [4.78, 5) is 20.1. The van der Waals surface area contributed by atoms with E-state index in [4.69, 9.17) is 4.74 Å². The van der Waals surface area contributed by atoms with Gasteiger partial charge in [-0.1, -0.05) is 48.5 Å². The first-order valence-electron chi connectivity index (χ1n) is 7.42. The van der Waals surface area contributed by atoms with Crippen LogP contribution in [0.15, 0.2) is 73.3 Å². The molecule has 0 spiro atoms. The summed E-state index contributed by atoms with van der Waals surface area (Å²) in [7, 11) is 0. The van der Waals surface area contributed by atoms with Gasteiger partial charge in [-0.3, -0.25) is 4.79 Å². The van der Waals surface area contributed by atoms with Gasteiger partial charge in [0.25, 0.3) is 0 Å². The second-order valence-electron chi connectivity index (χ2n) is 5.08. The van der Waals surface area contributed by atoms with Gasteiger partial charge in [0.2, 0.25) is 0 Å². The van der Waals surface area contributed by atoms with Gasteiger partial charge in [0, 0.05) is 29.9 Å². The average Bonchev–Trinajstić information content (AvgIpc) is 2.62. The zero-order valence-electron chi connectivity index (χ0n) is 12.6. The SMILES string of the molecule is O=C(CCc1ccccc1)Oc1ccccc1-c1cncnc1. The Bertz CT molecular complexity index is 774. The van der Waals surface area contributed by atoms with Crippen molar-refractivity contribution in [2.24, 2.45) is 0 Å². The van der Waals surface area contributed by atoms with Gasteiger partial charge in [-0.25, -0.2) is 9.97 Å². The van der Waals surface area contributed by atoms with Crippen LogP contribution in [0.4, 0.5) is 0 Å². The lowest BCUT2D eigenvalue weighted by molar-refractivity contribution is -0.134. The summed E-state index contributed by atoms with van der Waals surface area (Å²) in [5, 5.41) is 0. The second kappa shape index (κ2) is 7.31. The van der Waals surface area contributed by atoms with Crippen LogP contribution in [0.2, 0.25) is 0 Å². The summed E-state index contributed by atoms with van der Waals surface area (Å²) < 4.78 is 5.53. The maximum Gasteiger partial charge on any atom is 0.311 e. The number of hydrogen-bond acceptors (Lipinski definition) is 4. The monoisotopic (exact) mass is 304 g/mol. The Morgan fingerprint density at radius 2 is 1.61 bits per heavy atom. The van der Waals surface area contributed by atoms with Crippen molar-refractivity contribution in [1.29, 1.82) is 0 Å². The van der Waals surface area contributed by atoms with E-state index in [0.717, 1.165) is 16.7 Å². The molecule has 0 unspecified atom stereocenters. The van der Waals surface area contributed by atoms with Crippen LogP contribution >= 0.6 is 0 Å². The standard InChI is InChI=1S/C19H16N2O2/c22-19(11-10-15-6-2-1-3-7-15)23-18-9-5-4-8-17(18)16-12-20-14-21-13-16/h1-9,12-14H,10-11H2. The largest absolute Gasteiger partial charge is 0.426 e. The highest BCUT2D eigenvalue weighted by atomic mass is 16.5.